The number of aliphatic carboxylic acids is 1. The van der Waals surface area contributed by atoms with Gasteiger partial charge in [0, 0.05) is 35.7 Å². The van der Waals surface area contributed by atoms with E-state index in [2.05, 4.69) is 9.80 Å². The molecule has 0 heterocycles. The zero-order valence-electron chi connectivity index (χ0n) is 44.6. The third-order valence-electron chi connectivity index (χ3n) is 14.2. The van der Waals surface area contributed by atoms with Crippen molar-refractivity contribution in [2.75, 3.05) is 60.1 Å². The number of benzene rings is 4. The van der Waals surface area contributed by atoms with Crippen LogP contribution >= 0.6 is 21.6 Å². The van der Waals surface area contributed by atoms with Gasteiger partial charge < -0.3 is 28.8 Å². The van der Waals surface area contributed by atoms with E-state index >= 15 is 0 Å². The van der Waals surface area contributed by atoms with Crippen molar-refractivity contribution in [1.82, 2.24) is 9.80 Å². The predicted molar refractivity (Wildman–Crippen MR) is 291 cm³/mol. The molecule has 2 aliphatic carbocycles. The minimum Gasteiger partial charge on any atom is -0.497 e. The van der Waals surface area contributed by atoms with Crippen LogP contribution < -0.4 is 9.47 Å². The lowest BCUT2D eigenvalue weighted by Gasteiger charge is -2.45. The minimum atomic E-state index is -1.23. The number of rotatable bonds is 23. The van der Waals surface area contributed by atoms with E-state index in [1.54, 1.807) is 21.1 Å². The van der Waals surface area contributed by atoms with Gasteiger partial charge in [-0.15, -0.1) is 0 Å². The van der Waals surface area contributed by atoms with Gasteiger partial charge in [-0.2, -0.15) is 0 Å². The van der Waals surface area contributed by atoms with Crippen molar-refractivity contribution in [2.24, 2.45) is 0 Å². The number of methoxy groups -OCH3 is 2. The zero-order valence-corrected chi connectivity index (χ0v) is 46.2. The van der Waals surface area contributed by atoms with E-state index < -0.39 is 28.5 Å². The number of hydrogen-bond acceptors (Lipinski definition) is 13. The highest BCUT2D eigenvalue weighted by atomic mass is 33.1. The van der Waals surface area contributed by atoms with Crippen LogP contribution in [0.25, 0.3) is 21.5 Å². The smallest absolute Gasteiger partial charge is 0.320 e. The fourth-order valence-corrected chi connectivity index (χ4v) is 14.2. The number of carboxylic acids is 1. The molecule has 2 atom stereocenters. The summed E-state index contributed by atoms with van der Waals surface area (Å²) in [6, 6.07) is 23.4. The lowest BCUT2D eigenvalue weighted by molar-refractivity contribution is -0.157. The number of carboxylic acid groups (broad SMARTS) is 1. The summed E-state index contributed by atoms with van der Waals surface area (Å²) in [6.07, 6.45) is 10.6. The van der Waals surface area contributed by atoms with Crippen molar-refractivity contribution < 1.29 is 48.0 Å². The molecule has 4 aromatic carbocycles. The van der Waals surface area contributed by atoms with Gasteiger partial charge in [0.2, 0.25) is 0 Å². The highest BCUT2D eigenvalue weighted by molar-refractivity contribution is 8.77. The quantitative estimate of drug-likeness (QED) is 0.0428. The summed E-state index contributed by atoms with van der Waals surface area (Å²) in [5.41, 5.74) is -1.01. The number of hydrogen-bond donors (Lipinski definition) is 1. The maximum atomic E-state index is 13.7. The van der Waals surface area contributed by atoms with Crippen LogP contribution in [0.2, 0.25) is 0 Å². The summed E-state index contributed by atoms with van der Waals surface area (Å²) in [5.74, 6) is -0.885. The van der Waals surface area contributed by atoms with Crippen molar-refractivity contribution in [3.8, 4) is 11.5 Å². The van der Waals surface area contributed by atoms with Crippen LogP contribution in [-0.2, 0) is 38.8 Å². The standard InChI is InChI=1S/C58H80N2O10S2/c1-41(42-17-18-45-35-48(66-9)23-20-43(45)33-42)52(63)68-32-31-60(38-51(62)70-55(5,6)7)40-58(27-15-12-16-28-58)72-71-57(25-13-11-14-26-57)39-59(37-50(61)69-54(2,3)4)30-29-56(8,53(64)65)47-22-19-46-36-49(67-10)24-21-44(46)34-47/h17-24,33-36,41H,11-16,25-32,37-40H2,1-10H3,(H,64,65)/t41-,56-/m0/s1. The van der Waals surface area contributed by atoms with Crippen molar-refractivity contribution in [1.29, 1.82) is 0 Å². The molecule has 394 valence electrons. The van der Waals surface area contributed by atoms with Crippen LogP contribution in [0.5, 0.6) is 11.5 Å². The van der Waals surface area contributed by atoms with Crippen LogP contribution in [0.1, 0.15) is 143 Å². The molecule has 1 N–H and O–H groups in total. The molecule has 0 bridgehead atoms. The summed E-state index contributed by atoms with van der Waals surface area (Å²) in [7, 11) is 7.12. The lowest BCUT2D eigenvalue weighted by Crippen LogP contribution is -2.48. The van der Waals surface area contributed by atoms with Crippen molar-refractivity contribution in [2.45, 2.75) is 158 Å². The van der Waals surface area contributed by atoms with Crippen LogP contribution in [-0.4, -0.2) is 120 Å². The number of ether oxygens (including phenoxy) is 5. The van der Waals surface area contributed by atoms with Gasteiger partial charge in [-0.3, -0.25) is 29.0 Å². The second kappa shape index (κ2) is 24.7. The van der Waals surface area contributed by atoms with Gasteiger partial charge in [0.1, 0.15) is 29.3 Å². The normalized spacial score (nSPS) is 17.3. The Balaban J connectivity index is 1.21. The van der Waals surface area contributed by atoms with Gasteiger partial charge >= 0.3 is 23.9 Å². The number of carbonyl (C=O) groups is 4. The lowest BCUT2D eigenvalue weighted by atomic mass is 9.78. The van der Waals surface area contributed by atoms with E-state index in [0.717, 1.165) is 103 Å². The number of nitrogens with zero attached hydrogens (tertiary/aromatic N) is 2. The predicted octanol–water partition coefficient (Wildman–Crippen LogP) is 12.2. The fraction of sp³-hybridized carbons (Fsp3) is 0.586. The Kier molecular flexibility index (Phi) is 19.5. The Hall–Kier alpha value is -4.50. The molecule has 0 aliphatic heterocycles. The topological polar surface area (TPSA) is 141 Å². The third-order valence-corrected chi connectivity index (χ3v) is 18.4. The highest BCUT2D eigenvalue weighted by Crippen LogP contribution is 2.55. The van der Waals surface area contributed by atoms with Crippen molar-refractivity contribution in [3.63, 3.8) is 0 Å². The molecule has 14 heteroatoms. The molecular formula is C58H80N2O10S2. The molecule has 4 aromatic rings. The second-order valence-corrected chi connectivity index (χ2v) is 25.5. The van der Waals surface area contributed by atoms with E-state index in [1.165, 1.54) is 0 Å². The van der Waals surface area contributed by atoms with Gasteiger partial charge in [-0.05, 0) is 144 Å². The first kappa shape index (κ1) is 56.8. The Morgan fingerprint density at radius 1 is 0.611 bits per heavy atom. The Morgan fingerprint density at radius 3 is 1.53 bits per heavy atom. The molecule has 0 saturated heterocycles. The van der Waals surface area contributed by atoms with Gasteiger partial charge in [0.15, 0.2) is 0 Å². The molecule has 0 amide bonds. The minimum absolute atomic E-state index is 0.0414. The van der Waals surface area contributed by atoms with Crippen LogP contribution in [0, 0.1) is 0 Å². The Bertz CT molecular complexity index is 2490. The Morgan fingerprint density at radius 2 is 1.06 bits per heavy atom. The van der Waals surface area contributed by atoms with E-state index in [4.69, 9.17) is 23.7 Å². The molecule has 0 radical (unpaired) electrons. The summed E-state index contributed by atoms with van der Waals surface area (Å²) in [6.45, 7) is 17.0. The SMILES string of the molecule is COc1ccc2cc([C@H](C)C(=O)OCCN(CC(=O)OC(C)(C)C)CC3(SSC4(CN(CC[C@](C)(C(=O)O)c5ccc6cc(OC)ccc6c5)CC(=O)OC(C)(C)C)CCCCC4)CCCCC3)ccc2c1. The van der Waals surface area contributed by atoms with Gasteiger partial charge in [-0.25, -0.2) is 0 Å². The molecule has 0 unspecified atom stereocenters. The maximum absolute atomic E-state index is 13.7. The van der Waals surface area contributed by atoms with Gasteiger partial charge in [0.25, 0.3) is 0 Å². The van der Waals surface area contributed by atoms with Crippen LogP contribution in [0.4, 0.5) is 0 Å². The first-order valence-electron chi connectivity index (χ1n) is 25.8. The molecule has 0 spiro atoms. The molecule has 72 heavy (non-hydrogen) atoms. The first-order valence-corrected chi connectivity index (χ1v) is 28.0. The number of fused-ring (bicyclic) bond motifs is 2. The maximum Gasteiger partial charge on any atom is 0.320 e. The average Bonchev–Trinajstić information content (AvgIpc) is 3.33. The fourth-order valence-electron chi connectivity index (χ4n) is 10.1. The summed E-state index contributed by atoms with van der Waals surface area (Å²) < 4.78 is 28.1. The molecule has 2 saturated carbocycles. The summed E-state index contributed by atoms with van der Waals surface area (Å²) in [5, 5.41) is 14.8. The summed E-state index contributed by atoms with van der Waals surface area (Å²) in [4.78, 5) is 58.5. The van der Waals surface area contributed by atoms with Crippen molar-refractivity contribution >= 4 is 67.0 Å². The third kappa shape index (κ3) is 16.0. The van der Waals surface area contributed by atoms with Gasteiger partial charge in [-0.1, -0.05) is 109 Å². The first-order chi connectivity index (χ1) is 34.0. The number of esters is 3. The van der Waals surface area contributed by atoms with E-state index in [1.807, 2.05) is 143 Å². The average molecular weight is 1030 g/mol. The van der Waals surface area contributed by atoms with Crippen LogP contribution in [0.3, 0.4) is 0 Å². The molecule has 0 aromatic heterocycles. The molecule has 12 nitrogen and oxygen atoms in total. The second-order valence-electron chi connectivity index (χ2n) is 22.4. The molecular weight excluding hydrogens is 949 g/mol. The van der Waals surface area contributed by atoms with E-state index in [0.29, 0.717) is 31.7 Å². The summed E-state index contributed by atoms with van der Waals surface area (Å²) >= 11 is 0. The molecule has 6 rings (SSSR count). The van der Waals surface area contributed by atoms with E-state index in [9.17, 15) is 24.3 Å². The van der Waals surface area contributed by atoms with E-state index in [-0.39, 0.29) is 53.5 Å². The monoisotopic (exact) mass is 1030 g/mol. The number of carbonyl (C=O) groups excluding carboxylic acids is 3. The molecule has 2 fully saturated rings. The zero-order chi connectivity index (χ0) is 52.3. The van der Waals surface area contributed by atoms with Gasteiger partial charge in [0.05, 0.1) is 38.6 Å². The van der Waals surface area contributed by atoms with Crippen LogP contribution in [0.15, 0.2) is 72.8 Å². The Labute approximate surface area is 436 Å². The molecule has 2 aliphatic rings. The van der Waals surface area contributed by atoms with Crippen molar-refractivity contribution in [3.05, 3.63) is 83.9 Å². The largest absolute Gasteiger partial charge is 0.497 e. The highest BCUT2D eigenvalue weighted by Gasteiger charge is 2.43.